The van der Waals surface area contributed by atoms with Crippen LogP contribution < -0.4 is 5.32 Å². The molecule has 1 aliphatic heterocycles. The number of amides is 2. The quantitative estimate of drug-likeness (QED) is 0.916. The number of likely N-dealkylation sites (N-methyl/N-ethyl adjacent to an activating group) is 1. The van der Waals surface area contributed by atoms with Crippen molar-refractivity contribution in [2.24, 2.45) is 0 Å². The zero-order chi connectivity index (χ0) is 14.7. The van der Waals surface area contributed by atoms with Gasteiger partial charge in [-0.15, -0.1) is 0 Å². The minimum atomic E-state index is -0.321. The summed E-state index contributed by atoms with van der Waals surface area (Å²) in [7, 11) is 1.69. The number of rotatable bonds is 4. The van der Waals surface area contributed by atoms with E-state index in [9.17, 15) is 9.59 Å². The minimum Gasteiger partial charge on any atom is -0.444 e. The van der Waals surface area contributed by atoms with E-state index in [1.165, 1.54) is 4.90 Å². The van der Waals surface area contributed by atoms with E-state index in [-0.39, 0.29) is 18.1 Å². The van der Waals surface area contributed by atoms with Gasteiger partial charge in [0.2, 0.25) is 5.91 Å². The number of cyclic esters (lactones) is 1. The van der Waals surface area contributed by atoms with Gasteiger partial charge in [-0.2, -0.15) is 0 Å². The lowest BCUT2D eigenvalue weighted by Crippen LogP contribution is -2.20. The van der Waals surface area contributed by atoms with Gasteiger partial charge in [-0.1, -0.05) is 22.0 Å². The van der Waals surface area contributed by atoms with E-state index in [1.807, 2.05) is 25.1 Å². The summed E-state index contributed by atoms with van der Waals surface area (Å²) in [5, 5.41) is 2.83. The molecule has 1 atom stereocenters. The number of hydrogen-bond acceptors (Lipinski definition) is 3. The summed E-state index contributed by atoms with van der Waals surface area (Å²) in [6.07, 6.45) is 0.354. The van der Waals surface area contributed by atoms with Crippen LogP contribution >= 0.6 is 15.9 Å². The Morgan fingerprint density at radius 3 is 2.90 bits per heavy atom. The number of ether oxygens (including phenoxy) is 1. The summed E-state index contributed by atoms with van der Waals surface area (Å²) in [4.78, 5) is 24.5. The van der Waals surface area contributed by atoms with Crippen LogP contribution in [-0.4, -0.2) is 36.6 Å². The molecule has 1 fully saturated rings. The standard InChI is InChI=1S/C14H17BrN2O3/c1-9-3-4-10(7-12(9)15)16-13(18)6-5-11-8-17(2)14(19)20-11/h3-4,7,11H,5-6,8H2,1-2H3,(H,16,18). The van der Waals surface area contributed by atoms with Crippen LogP contribution in [0, 0.1) is 6.92 Å². The van der Waals surface area contributed by atoms with E-state index in [2.05, 4.69) is 21.2 Å². The highest BCUT2D eigenvalue weighted by Crippen LogP contribution is 2.21. The number of nitrogens with zero attached hydrogens (tertiary/aromatic N) is 1. The number of halogens is 1. The van der Waals surface area contributed by atoms with Crippen molar-refractivity contribution in [1.82, 2.24) is 4.90 Å². The monoisotopic (exact) mass is 340 g/mol. The molecule has 0 aliphatic carbocycles. The van der Waals surface area contributed by atoms with Gasteiger partial charge in [0, 0.05) is 23.6 Å². The largest absolute Gasteiger partial charge is 0.444 e. The van der Waals surface area contributed by atoms with E-state index >= 15 is 0 Å². The molecular formula is C14H17BrN2O3. The number of carbonyl (C=O) groups is 2. The van der Waals surface area contributed by atoms with Crippen molar-refractivity contribution in [3.05, 3.63) is 28.2 Å². The van der Waals surface area contributed by atoms with Crippen LogP contribution in [0.2, 0.25) is 0 Å². The lowest BCUT2D eigenvalue weighted by Gasteiger charge is -2.09. The third kappa shape index (κ3) is 3.72. The maximum Gasteiger partial charge on any atom is 0.409 e. The van der Waals surface area contributed by atoms with Crippen molar-refractivity contribution in [2.75, 3.05) is 18.9 Å². The molecule has 1 heterocycles. The Morgan fingerprint density at radius 1 is 1.55 bits per heavy atom. The molecule has 2 amide bonds. The number of carbonyl (C=O) groups excluding carboxylic acids is 2. The van der Waals surface area contributed by atoms with Gasteiger partial charge in [0.05, 0.1) is 6.54 Å². The number of hydrogen-bond donors (Lipinski definition) is 1. The predicted molar refractivity (Wildman–Crippen MR) is 79.6 cm³/mol. The summed E-state index contributed by atoms with van der Waals surface area (Å²) < 4.78 is 6.07. The highest BCUT2D eigenvalue weighted by atomic mass is 79.9. The van der Waals surface area contributed by atoms with Crippen molar-refractivity contribution < 1.29 is 14.3 Å². The zero-order valence-corrected chi connectivity index (χ0v) is 13.1. The average molecular weight is 341 g/mol. The Labute approximate surface area is 126 Å². The summed E-state index contributed by atoms with van der Waals surface area (Å²) in [6.45, 7) is 2.53. The van der Waals surface area contributed by atoms with E-state index < -0.39 is 0 Å². The van der Waals surface area contributed by atoms with Crippen LogP contribution in [0.25, 0.3) is 0 Å². The molecule has 0 bridgehead atoms. The fourth-order valence-electron chi connectivity index (χ4n) is 1.99. The number of aryl methyl sites for hydroxylation is 1. The first-order valence-corrected chi connectivity index (χ1v) is 7.23. The van der Waals surface area contributed by atoms with E-state index in [0.717, 1.165) is 15.7 Å². The van der Waals surface area contributed by atoms with E-state index in [0.29, 0.717) is 19.4 Å². The maximum atomic E-state index is 11.8. The first kappa shape index (κ1) is 14.8. The van der Waals surface area contributed by atoms with Gasteiger partial charge in [-0.3, -0.25) is 4.79 Å². The molecule has 1 unspecified atom stereocenters. The van der Waals surface area contributed by atoms with Crippen molar-refractivity contribution >= 4 is 33.6 Å². The Hall–Kier alpha value is -1.56. The van der Waals surface area contributed by atoms with Crippen LogP contribution in [0.5, 0.6) is 0 Å². The molecule has 0 aromatic heterocycles. The molecule has 20 heavy (non-hydrogen) atoms. The van der Waals surface area contributed by atoms with Crippen molar-refractivity contribution in [3.8, 4) is 0 Å². The third-order valence-electron chi connectivity index (χ3n) is 3.21. The Morgan fingerprint density at radius 2 is 2.30 bits per heavy atom. The number of nitrogens with one attached hydrogen (secondary N) is 1. The maximum absolute atomic E-state index is 11.8. The molecule has 0 spiro atoms. The summed E-state index contributed by atoms with van der Waals surface area (Å²) >= 11 is 3.43. The number of benzene rings is 1. The van der Waals surface area contributed by atoms with Crippen LogP contribution in [0.4, 0.5) is 10.5 Å². The third-order valence-corrected chi connectivity index (χ3v) is 4.06. The van der Waals surface area contributed by atoms with E-state index in [4.69, 9.17) is 4.74 Å². The molecule has 1 aliphatic rings. The van der Waals surface area contributed by atoms with Gasteiger partial charge in [0.15, 0.2) is 0 Å². The smallest absolute Gasteiger partial charge is 0.409 e. The van der Waals surface area contributed by atoms with Crippen molar-refractivity contribution in [2.45, 2.75) is 25.9 Å². The Balaban J connectivity index is 1.81. The molecule has 108 valence electrons. The molecule has 0 radical (unpaired) electrons. The number of anilines is 1. The lowest BCUT2D eigenvalue weighted by molar-refractivity contribution is -0.116. The van der Waals surface area contributed by atoms with Gasteiger partial charge in [0.25, 0.3) is 0 Å². The normalized spacial score (nSPS) is 18.1. The zero-order valence-electron chi connectivity index (χ0n) is 11.5. The second-order valence-corrected chi connectivity index (χ2v) is 5.79. The Kier molecular flexibility index (Phi) is 4.65. The molecular weight excluding hydrogens is 324 g/mol. The van der Waals surface area contributed by atoms with Crippen molar-refractivity contribution in [3.63, 3.8) is 0 Å². The fourth-order valence-corrected chi connectivity index (χ4v) is 2.36. The van der Waals surface area contributed by atoms with Gasteiger partial charge in [0.1, 0.15) is 6.10 Å². The van der Waals surface area contributed by atoms with Gasteiger partial charge in [-0.25, -0.2) is 4.79 Å². The first-order chi connectivity index (χ1) is 9.45. The molecule has 6 heteroatoms. The topological polar surface area (TPSA) is 58.6 Å². The van der Waals surface area contributed by atoms with Gasteiger partial charge >= 0.3 is 6.09 Å². The second kappa shape index (κ2) is 6.26. The SMILES string of the molecule is Cc1ccc(NC(=O)CCC2CN(C)C(=O)O2)cc1Br. The van der Waals surface area contributed by atoms with Crippen molar-refractivity contribution in [1.29, 1.82) is 0 Å². The summed E-state index contributed by atoms with van der Waals surface area (Å²) in [6, 6.07) is 5.67. The van der Waals surface area contributed by atoms with E-state index in [1.54, 1.807) is 7.05 Å². The van der Waals surface area contributed by atoms with Crippen LogP contribution in [0.1, 0.15) is 18.4 Å². The minimum absolute atomic E-state index is 0.0774. The molecule has 1 aromatic rings. The highest BCUT2D eigenvalue weighted by molar-refractivity contribution is 9.10. The fraction of sp³-hybridized carbons (Fsp3) is 0.429. The van der Waals surface area contributed by atoms with Crippen LogP contribution in [0.15, 0.2) is 22.7 Å². The molecule has 1 N–H and O–H groups in total. The van der Waals surface area contributed by atoms with Gasteiger partial charge in [-0.05, 0) is 31.0 Å². The Bertz CT molecular complexity index is 533. The summed E-state index contributed by atoms with van der Waals surface area (Å²) in [5.41, 5.74) is 1.87. The molecule has 2 rings (SSSR count). The highest BCUT2D eigenvalue weighted by Gasteiger charge is 2.28. The first-order valence-electron chi connectivity index (χ1n) is 6.43. The van der Waals surface area contributed by atoms with Crippen LogP contribution in [0.3, 0.4) is 0 Å². The predicted octanol–water partition coefficient (Wildman–Crippen LogP) is 2.93. The average Bonchev–Trinajstić information content (AvgIpc) is 2.71. The second-order valence-electron chi connectivity index (χ2n) is 4.94. The summed E-state index contributed by atoms with van der Waals surface area (Å²) in [5.74, 6) is -0.0774. The molecule has 0 saturated carbocycles. The van der Waals surface area contributed by atoms with Crippen LogP contribution in [-0.2, 0) is 9.53 Å². The molecule has 5 nitrogen and oxygen atoms in total. The lowest BCUT2D eigenvalue weighted by atomic mass is 10.2. The molecule has 1 saturated heterocycles. The van der Waals surface area contributed by atoms with Gasteiger partial charge < -0.3 is 15.0 Å². The molecule has 1 aromatic carbocycles.